The first kappa shape index (κ1) is 20.3. The van der Waals surface area contributed by atoms with Crippen LogP contribution in [0.15, 0.2) is 0 Å². The number of esters is 1. The summed E-state index contributed by atoms with van der Waals surface area (Å²) in [4.78, 5) is 24.1. The number of hydrogen-bond donors (Lipinski definition) is 0. The van der Waals surface area contributed by atoms with Gasteiger partial charge in [0.05, 0.1) is 13.2 Å². The number of fused-ring (bicyclic) bond motifs is 2. The third-order valence-corrected chi connectivity index (χ3v) is 8.99. The van der Waals surface area contributed by atoms with Crippen molar-refractivity contribution in [2.75, 3.05) is 13.2 Å². The van der Waals surface area contributed by atoms with E-state index in [0.29, 0.717) is 19.1 Å². The van der Waals surface area contributed by atoms with Gasteiger partial charge in [-0.1, -0.05) is 27.2 Å². The van der Waals surface area contributed by atoms with Crippen molar-refractivity contribution >= 4 is 12.3 Å². The summed E-state index contributed by atoms with van der Waals surface area (Å²) in [6.07, 6.45) is 7.89. The van der Waals surface area contributed by atoms with E-state index in [4.69, 9.17) is 14.2 Å². The van der Waals surface area contributed by atoms with Gasteiger partial charge in [-0.15, -0.1) is 0 Å². The summed E-state index contributed by atoms with van der Waals surface area (Å²) in [5.74, 6) is 0.319. The van der Waals surface area contributed by atoms with E-state index in [1.807, 2.05) is 0 Å². The molecule has 0 aromatic heterocycles. The molecule has 2 unspecified atom stereocenters. The second kappa shape index (κ2) is 7.09. The maximum absolute atomic E-state index is 12.1. The Labute approximate surface area is 168 Å². The fraction of sp³-hybridized carbons (Fsp3) is 0.913. The molecule has 0 bridgehead atoms. The molecule has 4 fully saturated rings. The van der Waals surface area contributed by atoms with Gasteiger partial charge in [0.1, 0.15) is 12.4 Å². The molecule has 4 aliphatic rings. The number of hydrogen-bond acceptors (Lipinski definition) is 5. The minimum atomic E-state index is -0.521. The van der Waals surface area contributed by atoms with Crippen molar-refractivity contribution in [3.63, 3.8) is 0 Å². The third kappa shape index (κ3) is 2.87. The van der Waals surface area contributed by atoms with Crippen LogP contribution >= 0.6 is 0 Å². The van der Waals surface area contributed by atoms with Gasteiger partial charge in [0, 0.05) is 36.5 Å². The highest BCUT2D eigenvalue weighted by molar-refractivity contribution is 5.66. The molecule has 1 spiro atoms. The van der Waals surface area contributed by atoms with Crippen LogP contribution in [0.2, 0.25) is 0 Å². The number of carbonyl (C=O) groups excluding carboxylic acids is 2. The smallest absolute Gasteiger partial charge is 0.302 e. The quantitative estimate of drug-likeness (QED) is 0.534. The monoisotopic (exact) mass is 392 g/mol. The second-order valence-corrected chi connectivity index (χ2v) is 10.4. The zero-order chi connectivity index (χ0) is 20.2. The molecule has 0 N–H and O–H groups in total. The predicted molar refractivity (Wildman–Crippen MR) is 104 cm³/mol. The third-order valence-electron chi connectivity index (χ3n) is 8.99. The summed E-state index contributed by atoms with van der Waals surface area (Å²) in [5, 5.41) is 0. The summed E-state index contributed by atoms with van der Waals surface area (Å²) >= 11 is 0. The maximum atomic E-state index is 12.1. The highest BCUT2D eigenvalue weighted by Gasteiger charge is 2.67. The first-order valence-electron chi connectivity index (χ1n) is 11.2. The Hall–Kier alpha value is -0.940. The van der Waals surface area contributed by atoms with Crippen LogP contribution in [0.25, 0.3) is 0 Å². The van der Waals surface area contributed by atoms with Crippen molar-refractivity contribution < 1.29 is 23.8 Å². The lowest BCUT2D eigenvalue weighted by Gasteiger charge is -2.56. The molecular weight excluding hydrogens is 356 g/mol. The molecule has 3 aliphatic carbocycles. The van der Waals surface area contributed by atoms with Gasteiger partial charge in [0.25, 0.3) is 0 Å². The molecule has 1 aliphatic heterocycles. The Morgan fingerprint density at radius 1 is 1.04 bits per heavy atom. The van der Waals surface area contributed by atoms with Crippen molar-refractivity contribution in [2.24, 2.45) is 34.5 Å². The molecule has 5 nitrogen and oxygen atoms in total. The number of aldehydes is 1. The van der Waals surface area contributed by atoms with E-state index in [1.165, 1.54) is 13.2 Å². The van der Waals surface area contributed by atoms with Crippen LogP contribution in [0.1, 0.15) is 72.6 Å². The number of ether oxygens (including phenoxy) is 3. The fourth-order valence-corrected chi connectivity index (χ4v) is 7.26. The first-order valence-corrected chi connectivity index (χ1v) is 11.2. The van der Waals surface area contributed by atoms with Crippen LogP contribution in [-0.4, -0.2) is 37.4 Å². The first-order chi connectivity index (χ1) is 13.3. The van der Waals surface area contributed by atoms with Gasteiger partial charge < -0.3 is 19.0 Å². The van der Waals surface area contributed by atoms with Gasteiger partial charge in [-0.25, -0.2) is 0 Å². The van der Waals surface area contributed by atoms with Gasteiger partial charge in [-0.3, -0.25) is 4.79 Å². The van der Waals surface area contributed by atoms with Crippen molar-refractivity contribution in [2.45, 2.75) is 84.5 Å². The molecule has 3 saturated carbocycles. The average Bonchev–Trinajstić information content (AvgIpc) is 3.24. The summed E-state index contributed by atoms with van der Waals surface area (Å²) in [5.41, 5.74) is -0.252. The van der Waals surface area contributed by atoms with E-state index >= 15 is 0 Å². The Morgan fingerprint density at radius 3 is 2.36 bits per heavy atom. The molecular formula is C23H36O5. The summed E-state index contributed by atoms with van der Waals surface area (Å²) in [7, 11) is 0. The molecule has 28 heavy (non-hydrogen) atoms. The van der Waals surface area contributed by atoms with Gasteiger partial charge in [-0.05, 0) is 43.4 Å². The molecule has 7 atom stereocenters. The average molecular weight is 393 g/mol. The van der Waals surface area contributed by atoms with Gasteiger partial charge in [0.15, 0.2) is 5.79 Å². The molecule has 0 radical (unpaired) electrons. The standard InChI is InChI=1S/C23H36O5/c1-15-5-8-21(3,17(13-15)14-24)18-6-9-22(4)19(20(18)28-16(2)25)7-10-23(22)26-11-12-27-23/h14-15,17-20H,5-13H2,1-4H3/t15-,17+,18?,19?,20+,21-,22-/m0/s1. The highest BCUT2D eigenvalue weighted by Crippen LogP contribution is 2.65. The van der Waals surface area contributed by atoms with Crippen LogP contribution in [0, 0.1) is 34.5 Å². The fourth-order valence-electron chi connectivity index (χ4n) is 7.26. The summed E-state index contributed by atoms with van der Waals surface area (Å²) in [6, 6.07) is 0. The van der Waals surface area contributed by atoms with E-state index in [0.717, 1.165) is 44.9 Å². The Morgan fingerprint density at radius 2 is 1.71 bits per heavy atom. The van der Waals surface area contributed by atoms with Crippen LogP contribution in [0.5, 0.6) is 0 Å². The van der Waals surface area contributed by atoms with Gasteiger partial charge in [0.2, 0.25) is 0 Å². The van der Waals surface area contributed by atoms with Crippen molar-refractivity contribution in [3.8, 4) is 0 Å². The Kier molecular flexibility index (Phi) is 5.15. The lowest BCUT2D eigenvalue weighted by Crippen LogP contribution is -2.58. The van der Waals surface area contributed by atoms with E-state index in [9.17, 15) is 9.59 Å². The van der Waals surface area contributed by atoms with Gasteiger partial charge >= 0.3 is 5.97 Å². The van der Waals surface area contributed by atoms with Crippen LogP contribution in [0.4, 0.5) is 0 Å². The normalized spacial score (nSPS) is 47.6. The molecule has 0 aromatic carbocycles. The van der Waals surface area contributed by atoms with E-state index < -0.39 is 5.79 Å². The van der Waals surface area contributed by atoms with Crippen LogP contribution in [-0.2, 0) is 23.8 Å². The van der Waals surface area contributed by atoms with Crippen LogP contribution < -0.4 is 0 Å². The zero-order valence-electron chi connectivity index (χ0n) is 17.9. The lowest BCUT2D eigenvalue weighted by molar-refractivity contribution is -0.252. The number of rotatable bonds is 3. The molecule has 0 aromatic rings. The largest absolute Gasteiger partial charge is 0.462 e. The summed E-state index contributed by atoms with van der Waals surface area (Å²) < 4.78 is 18.4. The Bertz CT molecular complexity index is 626. The van der Waals surface area contributed by atoms with Gasteiger partial charge in [-0.2, -0.15) is 0 Å². The van der Waals surface area contributed by atoms with Crippen molar-refractivity contribution in [1.82, 2.24) is 0 Å². The predicted octanol–water partition coefficient (Wildman–Crippen LogP) is 4.13. The molecule has 4 rings (SSSR count). The van der Waals surface area contributed by atoms with E-state index in [2.05, 4.69) is 20.8 Å². The number of carbonyl (C=O) groups is 2. The molecule has 158 valence electrons. The zero-order valence-corrected chi connectivity index (χ0v) is 17.9. The van der Waals surface area contributed by atoms with Crippen LogP contribution in [0.3, 0.4) is 0 Å². The van der Waals surface area contributed by atoms with Crippen molar-refractivity contribution in [3.05, 3.63) is 0 Å². The SMILES string of the molecule is CC(=O)O[C@H]1C2CCC3(OCCO3)[C@@]2(C)CCC1[C@@]1(C)CC[C@H](C)C[C@@H]1C=O. The highest BCUT2D eigenvalue weighted by atomic mass is 16.7. The maximum Gasteiger partial charge on any atom is 0.302 e. The van der Waals surface area contributed by atoms with E-state index in [-0.39, 0.29) is 40.7 Å². The second-order valence-electron chi connectivity index (χ2n) is 10.4. The summed E-state index contributed by atoms with van der Waals surface area (Å²) in [6.45, 7) is 9.59. The minimum absolute atomic E-state index is 0.0398. The lowest BCUT2D eigenvalue weighted by atomic mass is 9.51. The molecule has 5 heteroatoms. The minimum Gasteiger partial charge on any atom is -0.462 e. The topological polar surface area (TPSA) is 61.8 Å². The van der Waals surface area contributed by atoms with E-state index in [1.54, 1.807) is 0 Å². The molecule has 1 heterocycles. The Balaban J connectivity index is 1.68. The molecule has 1 saturated heterocycles. The molecule has 0 amide bonds. The van der Waals surface area contributed by atoms with Crippen molar-refractivity contribution in [1.29, 1.82) is 0 Å².